The lowest BCUT2D eigenvalue weighted by molar-refractivity contribution is -0.135. The Bertz CT molecular complexity index is 2050. The van der Waals surface area contributed by atoms with Gasteiger partial charge in [0, 0.05) is 42.8 Å². The van der Waals surface area contributed by atoms with Gasteiger partial charge in [-0.3, -0.25) is 9.59 Å². The Balaban J connectivity index is 0.908. The molecular formula is C44H58N10O4. The zero-order valence-electron chi connectivity index (χ0n) is 34.5. The summed E-state index contributed by atoms with van der Waals surface area (Å²) in [6.45, 7) is 9.28. The van der Waals surface area contributed by atoms with Crippen LogP contribution in [0.2, 0.25) is 0 Å². The zero-order valence-corrected chi connectivity index (χ0v) is 34.5. The lowest BCUT2D eigenvalue weighted by Crippen LogP contribution is -2.51. The topological polar surface area (TPSA) is 174 Å². The van der Waals surface area contributed by atoms with Crippen molar-refractivity contribution in [3.8, 4) is 11.3 Å². The maximum atomic E-state index is 14.0. The fourth-order valence-corrected chi connectivity index (χ4v) is 10.2. The Hall–Kier alpha value is -5.27. The van der Waals surface area contributed by atoms with E-state index < -0.39 is 18.2 Å². The van der Waals surface area contributed by atoms with Gasteiger partial charge in [-0.15, -0.1) is 0 Å². The lowest BCUT2D eigenvalue weighted by Gasteiger charge is -2.53. The Labute approximate surface area is 340 Å². The number of likely N-dealkylation sites (tertiary alicyclic amines) is 2. The molecule has 0 unspecified atom stereocenters. The van der Waals surface area contributed by atoms with Gasteiger partial charge in [-0.1, -0.05) is 52.0 Å². The van der Waals surface area contributed by atoms with Crippen LogP contribution in [-0.2, 0) is 25.2 Å². The normalized spacial score (nSPS) is 25.3. The van der Waals surface area contributed by atoms with E-state index in [1.165, 1.54) is 18.4 Å². The first kappa shape index (κ1) is 39.6. The van der Waals surface area contributed by atoms with Crippen LogP contribution in [0.4, 0.5) is 10.7 Å². The van der Waals surface area contributed by atoms with Crippen LogP contribution in [0.25, 0.3) is 11.3 Å². The molecule has 0 spiro atoms. The predicted octanol–water partition coefficient (Wildman–Crippen LogP) is 6.98. The van der Waals surface area contributed by atoms with E-state index in [9.17, 15) is 14.4 Å². The number of carbonyl (C=O) groups is 3. The van der Waals surface area contributed by atoms with Crippen LogP contribution >= 0.6 is 0 Å². The molecular weight excluding hydrogens is 733 g/mol. The molecule has 2 saturated heterocycles. The first-order valence-electron chi connectivity index (χ1n) is 21.2. The molecule has 2 bridgehead atoms. The minimum atomic E-state index is -0.668. The summed E-state index contributed by atoms with van der Waals surface area (Å²) < 4.78 is 4.78. The van der Waals surface area contributed by atoms with E-state index in [2.05, 4.69) is 74.9 Å². The maximum absolute atomic E-state index is 14.0. The summed E-state index contributed by atoms with van der Waals surface area (Å²) in [7, 11) is 1.31. The van der Waals surface area contributed by atoms with E-state index >= 15 is 0 Å². The molecule has 5 fully saturated rings. The SMILES string of the molecule is COC(=O)N[C@H](C(=O)N1CCC[C@H]1c1ncc(-c2ccc(C34CCC(c5cnc([C@@H]6CCCN6C(=O)[C@@H](Nc6ncccn6)C(C)C)[nH]5)(CC3)CC4)cc2)[nH]1)C(C)C. The highest BCUT2D eigenvalue weighted by Gasteiger charge is 2.51. The number of nitrogens with one attached hydrogen (secondary N) is 4. The molecule has 308 valence electrons. The van der Waals surface area contributed by atoms with Gasteiger partial charge in [-0.25, -0.2) is 24.7 Å². The largest absolute Gasteiger partial charge is 0.453 e. The van der Waals surface area contributed by atoms with E-state index in [0.29, 0.717) is 19.0 Å². The van der Waals surface area contributed by atoms with E-state index in [1.807, 2.05) is 29.8 Å². The van der Waals surface area contributed by atoms with Gasteiger partial charge in [0.2, 0.25) is 17.8 Å². The van der Waals surface area contributed by atoms with Crippen molar-refractivity contribution in [1.82, 2.24) is 45.0 Å². The van der Waals surface area contributed by atoms with Crippen LogP contribution in [0.5, 0.6) is 0 Å². The second-order valence-corrected chi connectivity index (χ2v) is 17.7. The number of imidazole rings is 2. The molecule has 58 heavy (non-hydrogen) atoms. The smallest absolute Gasteiger partial charge is 0.407 e. The molecule has 3 aliphatic carbocycles. The molecule has 5 aliphatic rings. The van der Waals surface area contributed by atoms with Gasteiger partial charge in [0.05, 0.1) is 31.1 Å². The number of fused-ring (bicyclic) bond motifs is 3. The average molecular weight is 791 g/mol. The van der Waals surface area contributed by atoms with Crippen molar-refractivity contribution >= 4 is 23.9 Å². The molecule has 9 rings (SSSR count). The molecule has 2 aliphatic heterocycles. The molecule has 3 amide bonds. The first-order valence-corrected chi connectivity index (χ1v) is 21.2. The number of carbonyl (C=O) groups excluding carboxylic acids is 3. The number of ether oxygens (including phenoxy) is 1. The molecule has 4 N–H and O–H groups in total. The molecule has 3 saturated carbocycles. The van der Waals surface area contributed by atoms with Crippen molar-refractivity contribution in [1.29, 1.82) is 0 Å². The number of H-pyrrole nitrogens is 2. The van der Waals surface area contributed by atoms with Crippen LogP contribution in [0.15, 0.2) is 55.1 Å². The number of hydrogen-bond donors (Lipinski definition) is 4. The second kappa shape index (κ2) is 16.2. The van der Waals surface area contributed by atoms with Crippen molar-refractivity contribution < 1.29 is 19.1 Å². The Morgan fingerprint density at radius 1 is 0.741 bits per heavy atom. The summed E-state index contributed by atoms with van der Waals surface area (Å²) in [5.74, 6) is 2.07. The number of anilines is 1. The van der Waals surface area contributed by atoms with E-state index in [0.717, 1.165) is 87.1 Å². The molecule has 14 heteroatoms. The molecule has 14 nitrogen and oxygen atoms in total. The van der Waals surface area contributed by atoms with Gasteiger partial charge in [-0.05, 0) is 98.7 Å². The summed E-state index contributed by atoms with van der Waals surface area (Å²) in [4.78, 5) is 69.0. The number of nitrogens with zero attached hydrogens (tertiary/aromatic N) is 6. The monoisotopic (exact) mass is 790 g/mol. The number of alkyl carbamates (subject to hydrolysis) is 1. The third kappa shape index (κ3) is 7.45. The minimum Gasteiger partial charge on any atom is -0.453 e. The standard InChI is InChI=1S/C44H58N10O4/c1-27(2)35(51-41-45-21-8-22-46-41)39(55)54-24-7-10-33(54)38-48-26-34(50-38)44-18-15-43(16-19-44,17-20-44)30-13-11-29(12-14-30)31-25-47-37(49-31)32-9-6-23-53(32)40(56)36(28(3)4)52-42(57)58-5/h8,11-14,21-22,25-28,32-33,35-36H,6-7,9-10,15-20,23-24H2,1-5H3,(H,47,49)(H,48,50)(H,52,57)(H,45,46,51)/t32-,33-,35-,36-,43?,44?/m0/s1. The van der Waals surface area contributed by atoms with Crippen LogP contribution in [0.3, 0.4) is 0 Å². The molecule has 5 heterocycles. The van der Waals surface area contributed by atoms with Crippen molar-refractivity contribution in [2.75, 3.05) is 25.5 Å². The lowest BCUT2D eigenvalue weighted by atomic mass is 9.51. The highest BCUT2D eigenvalue weighted by molar-refractivity contribution is 5.86. The number of hydrogen-bond acceptors (Lipinski definition) is 9. The van der Waals surface area contributed by atoms with Crippen molar-refractivity contribution in [2.45, 2.75) is 127 Å². The van der Waals surface area contributed by atoms with Crippen LogP contribution in [0.1, 0.15) is 127 Å². The van der Waals surface area contributed by atoms with Crippen LogP contribution < -0.4 is 10.6 Å². The highest BCUT2D eigenvalue weighted by Crippen LogP contribution is 2.58. The third-order valence-corrected chi connectivity index (χ3v) is 13.7. The number of aromatic amines is 2. The Kier molecular flexibility index (Phi) is 11.0. The van der Waals surface area contributed by atoms with Crippen LogP contribution in [0, 0.1) is 11.8 Å². The molecule has 1 aromatic carbocycles. The Morgan fingerprint density at radius 2 is 1.29 bits per heavy atom. The van der Waals surface area contributed by atoms with Gasteiger partial charge in [0.25, 0.3) is 0 Å². The highest BCUT2D eigenvalue weighted by atomic mass is 16.5. The zero-order chi connectivity index (χ0) is 40.6. The van der Waals surface area contributed by atoms with Gasteiger partial charge in [-0.2, -0.15) is 0 Å². The summed E-state index contributed by atoms with van der Waals surface area (Å²) in [5.41, 5.74) is 4.86. The van der Waals surface area contributed by atoms with Gasteiger partial charge >= 0.3 is 6.09 Å². The van der Waals surface area contributed by atoms with Crippen molar-refractivity contribution in [2.24, 2.45) is 11.8 Å². The first-order chi connectivity index (χ1) is 28.0. The minimum absolute atomic E-state index is 0.0670. The van der Waals surface area contributed by atoms with Gasteiger partial charge in [0.15, 0.2) is 0 Å². The quantitative estimate of drug-likeness (QED) is 0.118. The van der Waals surface area contributed by atoms with Gasteiger partial charge in [0.1, 0.15) is 23.7 Å². The molecule has 3 aromatic heterocycles. The Morgan fingerprint density at radius 3 is 1.88 bits per heavy atom. The predicted molar refractivity (Wildman–Crippen MR) is 219 cm³/mol. The number of amides is 3. The fraction of sp³-hybridized carbons (Fsp3) is 0.568. The summed E-state index contributed by atoms with van der Waals surface area (Å²) >= 11 is 0. The van der Waals surface area contributed by atoms with Gasteiger partial charge < -0.3 is 35.1 Å². The third-order valence-electron chi connectivity index (χ3n) is 13.7. The van der Waals surface area contributed by atoms with E-state index in [1.54, 1.807) is 18.5 Å². The fourth-order valence-electron chi connectivity index (χ4n) is 10.2. The van der Waals surface area contributed by atoms with Crippen molar-refractivity contribution in [3.05, 3.63) is 78.0 Å². The second-order valence-electron chi connectivity index (χ2n) is 17.7. The molecule has 0 radical (unpaired) electrons. The van der Waals surface area contributed by atoms with E-state index in [4.69, 9.17) is 14.7 Å². The maximum Gasteiger partial charge on any atom is 0.407 e. The number of aromatic nitrogens is 6. The summed E-state index contributed by atoms with van der Waals surface area (Å²) in [5, 5.41) is 6.01. The number of benzene rings is 1. The van der Waals surface area contributed by atoms with Crippen LogP contribution in [-0.4, -0.2) is 89.9 Å². The number of methoxy groups -OCH3 is 1. The molecule has 4 atom stereocenters. The number of rotatable bonds is 12. The van der Waals surface area contributed by atoms with Crippen molar-refractivity contribution in [3.63, 3.8) is 0 Å². The summed E-state index contributed by atoms with van der Waals surface area (Å²) in [6, 6.07) is 9.44. The molecule has 4 aromatic rings. The summed E-state index contributed by atoms with van der Waals surface area (Å²) in [6.07, 6.45) is 16.9. The van der Waals surface area contributed by atoms with E-state index in [-0.39, 0.29) is 46.6 Å². The average Bonchev–Trinajstić information content (AvgIpc) is 4.09.